The molecule has 2 heteroatoms. The van der Waals surface area contributed by atoms with Crippen molar-refractivity contribution in [1.29, 1.82) is 0 Å². The van der Waals surface area contributed by atoms with Crippen LogP contribution in [0, 0.1) is 0 Å². The molecule has 76 valence electrons. The van der Waals surface area contributed by atoms with Crippen molar-refractivity contribution >= 4 is 5.97 Å². The Labute approximate surface area is 80.7 Å². The second-order valence-corrected chi connectivity index (χ2v) is 3.85. The third kappa shape index (κ3) is 4.30. The first kappa shape index (κ1) is 10.6. The van der Waals surface area contributed by atoms with Crippen LogP contribution in [0.1, 0.15) is 58.3 Å². The summed E-state index contributed by atoms with van der Waals surface area (Å²) in [7, 11) is 0. The third-order valence-electron chi connectivity index (χ3n) is 2.58. The molecule has 13 heavy (non-hydrogen) atoms. The first-order valence-corrected chi connectivity index (χ1v) is 5.52. The van der Waals surface area contributed by atoms with Gasteiger partial charge in [0.05, 0.1) is 0 Å². The molecule has 0 saturated carbocycles. The molecule has 1 rings (SSSR count). The summed E-state index contributed by atoms with van der Waals surface area (Å²) in [5.41, 5.74) is 0. The molecule has 0 aliphatic carbocycles. The van der Waals surface area contributed by atoms with Crippen molar-refractivity contribution in [2.24, 2.45) is 0 Å². The van der Waals surface area contributed by atoms with E-state index in [1.165, 1.54) is 25.7 Å². The quantitative estimate of drug-likeness (QED) is 0.485. The molecule has 0 aromatic carbocycles. The largest absolute Gasteiger partial charge is 0.462 e. The summed E-state index contributed by atoms with van der Waals surface area (Å²) < 4.78 is 5.23. The minimum absolute atomic E-state index is 0.00624. The second-order valence-electron chi connectivity index (χ2n) is 3.85. The highest BCUT2D eigenvalue weighted by atomic mass is 16.5. The zero-order chi connectivity index (χ0) is 9.52. The number of rotatable bonds is 5. The third-order valence-corrected chi connectivity index (χ3v) is 2.58. The van der Waals surface area contributed by atoms with Gasteiger partial charge in [0.25, 0.3) is 0 Å². The Morgan fingerprint density at radius 3 is 2.92 bits per heavy atom. The summed E-state index contributed by atoms with van der Waals surface area (Å²) in [4.78, 5) is 10.9. The maximum Gasteiger partial charge on any atom is 0.306 e. The van der Waals surface area contributed by atoms with E-state index in [-0.39, 0.29) is 12.1 Å². The van der Waals surface area contributed by atoms with Gasteiger partial charge in [0.15, 0.2) is 0 Å². The van der Waals surface area contributed by atoms with Crippen LogP contribution < -0.4 is 0 Å². The van der Waals surface area contributed by atoms with E-state index in [1.807, 2.05) is 0 Å². The van der Waals surface area contributed by atoms with Gasteiger partial charge in [-0.25, -0.2) is 0 Å². The lowest BCUT2D eigenvalue weighted by molar-refractivity contribution is -0.154. The smallest absolute Gasteiger partial charge is 0.306 e. The fourth-order valence-electron chi connectivity index (χ4n) is 1.78. The molecule has 1 aliphatic heterocycles. The van der Waals surface area contributed by atoms with E-state index in [4.69, 9.17) is 4.74 Å². The first-order chi connectivity index (χ1) is 6.33. The van der Waals surface area contributed by atoms with Gasteiger partial charge in [-0.2, -0.15) is 0 Å². The zero-order valence-corrected chi connectivity index (χ0v) is 8.55. The molecule has 1 aliphatic rings. The predicted octanol–water partition coefficient (Wildman–Crippen LogP) is 3.05. The summed E-state index contributed by atoms with van der Waals surface area (Å²) >= 11 is 0. The van der Waals surface area contributed by atoms with Gasteiger partial charge in [-0.15, -0.1) is 0 Å². The van der Waals surface area contributed by atoms with Crippen molar-refractivity contribution < 1.29 is 9.53 Å². The van der Waals surface area contributed by atoms with E-state index >= 15 is 0 Å². The molecule has 0 aromatic heterocycles. The maximum atomic E-state index is 10.9. The highest BCUT2D eigenvalue weighted by Gasteiger charge is 2.19. The predicted molar refractivity (Wildman–Crippen MR) is 52.5 cm³/mol. The number of unbranched alkanes of at least 4 members (excludes halogenated alkanes) is 3. The van der Waals surface area contributed by atoms with E-state index in [9.17, 15) is 4.79 Å². The molecule has 1 heterocycles. The average molecular weight is 184 g/mol. The minimum Gasteiger partial charge on any atom is -0.462 e. The Kier molecular flexibility index (Phi) is 4.87. The van der Waals surface area contributed by atoms with Crippen LogP contribution in [0.4, 0.5) is 0 Å². The van der Waals surface area contributed by atoms with Gasteiger partial charge in [0, 0.05) is 6.42 Å². The molecule has 1 saturated heterocycles. The molecule has 1 fully saturated rings. The van der Waals surface area contributed by atoms with Gasteiger partial charge in [-0.1, -0.05) is 26.2 Å². The topological polar surface area (TPSA) is 26.3 Å². The molecule has 0 spiro atoms. The zero-order valence-electron chi connectivity index (χ0n) is 8.55. The number of carbonyl (C=O) groups is 1. The van der Waals surface area contributed by atoms with E-state index in [2.05, 4.69) is 6.92 Å². The molecular weight excluding hydrogens is 164 g/mol. The fourth-order valence-corrected chi connectivity index (χ4v) is 1.78. The highest BCUT2D eigenvalue weighted by molar-refractivity contribution is 5.70. The van der Waals surface area contributed by atoms with E-state index in [1.54, 1.807) is 0 Å². The normalized spacial score (nSPS) is 22.8. The van der Waals surface area contributed by atoms with Crippen LogP contribution in [0.25, 0.3) is 0 Å². The van der Waals surface area contributed by atoms with Crippen LogP contribution in [0.15, 0.2) is 0 Å². The summed E-state index contributed by atoms with van der Waals surface area (Å²) in [6, 6.07) is 0. The number of hydrogen-bond acceptors (Lipinski definition) is 2. The summed E-state index contributed by atoms with van der Waals surface area (Å²) in [5.74, 6) is 0.00624. The van der Waals surface area contributed by atoms with E-state index in [0.717, 1.165) is 19.3 Å². The standard InChI is InChI=1S/C11H20O2/c1-2-3-4-5-7-10-8-6-9-11(12)13-10/h10H,2-9H2,1H3/t10-/m1/s1. The molecule has 0 aromatic rings. The van der Waals surface area contributed by atoms with Crippen molar-refractivity contribution in [1.82, 2.24) is 0 Å². The Morgan fingerprint density at radius 2 is 2.23 bits per heavy atom. The van der Waals surface area contributed by atoms with Gasteiger partial charge >= 0.3 is 5.97 Å². The number of esters is 1. The lowest BCUT2D eigenvalue weighted by Gasteiger charge is -2.21. The number of ether oxygens (including phenoxy) is 1. The molecule has 0 amide bonds. The van der Waals surface area contributed by atoms with Crippen LogP contribution >= 0.6 is 0 Å². The van der Waals surface area contributed by atoms with Gasteiger partial charge in [0.2, 0.25) is 0 Å². The van der Waals surface area contributed by atoms with Crippen LogP contribution in [0.3, 0.4) is 0 Å². The first-order valence-electron chi connectivity index (χ1n) is 5.52. The van der Waals surface area contributed by atoms with E-state index in [0.29, 0.717) is 6.42 Å². The maximum absolute atomic E-state index is 10.9. The summed E-state index contributed by atoms with van der Waals surface area (Å²) in [5, 5.41) is 0. The van der Waals surface area contributed by atoms with Gasteiger partial charge in [0.1, 0.15) is 6.10 Å². The van der Waals surface area contributed by atoms with Crippen molar-refractivity contribution in [3.63, 3.8) is 0 Å². The lowest BCUT2D eigenvalue weighted by Crippen LogP contribution is -2.23. The monoisotopic (exact) mass is 184 g/mol. The Bertz CT molecular complexity index is 154. The fraction of sp³-hybridized carbons (Fsp3) is 0.909. The van der Waals surface area contributed by atoms with Gasteiger partial charge < -0.3 is 4.74 Å². The van der Waals surface area contributed by atoms with Crippen molar-refractivity contribution in [2.45, 2.75) is 64.4 Å². The minimum atomic E-state index is 0.00624. The number of hydrogen-bond donors (Lipinski definition) is 0. The van der Waals surface area contributed by atoms with Crippen molar-refractivity contribution in [3.05, 3.63) is 0 Å². The van der Waals surface area contributed by atoms with Crippen molar-refractivity contribution in [3.8, 4) is 0 Å². The van der Waals surface area contributed by atoms with E-state index < -0.39 is 0 Å². The van der Waals surface area contributed by atoms with Crippen LogP contribution in [-0.4, -0.2) is 12.1 Å². The van der Waals surface area contributed by atoms with Crippen molar-refractivity contribution in [2.75, 3.05) is 0 Å². The molecular formula is C11H20O2. The van der Waals surface area contributed by atoms with Gasteiger partial charge in [-0.3, -0.25) is 4.79 Å². The van der Waals surface area contributed by atoms with Gasteiger partial charge in [-0.05, 0) is 25.7 Å². The Morgan fingerprint density at radius 1 is 1.38 bits per heavy atom. The molecule has 0 N–H and O–H groups in total. The Balaban J connectivity index is 2.03. The average Bonchev–Trinajstić information content (AvgIpc) is 2.13. The highest BCUT2D eigenvalue weighted by Crippen LogP contribution is 2.19. The Hall–Kier alpha value is -0.530. The SMILES string of the molecule is CCCCCC[C@@H]1CCCC(=O)O1. The summed E-state index contributed by atoms with van der Waals surface area (Å²) in [6.45, 7) is 2.21. The molecule has 1 atom stereocenters. The van der Waals surface area contributed by atoms with Crippen LogP contribution in [-0.2, 0) is 9.53 Å². The van der Waals surface area contributed by atoms with Crippen LogP contribution in [0.2, 0.25) is 0 Å². The summed E-state index contributed by atoms with van der Waals surface area (Å²) in [6.07, 6.45) is 9.12. The lowest BCUT2D eigenvalue weighted by atomic mass is 10.0. The number of cyclic esters (lactones) is 1. The molecule has 0 radical (unpaired) electrons. The van der Waals surface area contributed by atoms with Crippen LogP contribution in [0.5, 0.6) is 0 Å². The molecule has 0 unspecified atom stereocenters. The number of carbonyl (C=O) groups excluding carboxylic acids is 1. The molecule has 2 nitrogen and oxygen atoms in total. The molecule has 0 bridgehead atoms. The second kappa shape index (κ2) is 6.01.